The number of piperidine rings is 1. The Kier molecular flexibility index (Phi) is 3.15. The summed E-state index contributed by atoms with van der Waals surface area (Å²) < 4.78 is 5.54. The normalized spacial score (nSPS) is 17.1. The Morgan fingerprint density at radius 3 is 2.72 bits per heavy atom. The van der Waals surface area contributed by atoms with E-state index >= 15 is 0 Å². The Morgan fingerprint density at radius 1 is 1.11 bits per heavy atom. The minimum absolute atomic E-state index is 0.113. The van der Waals surface area contributed by atoms with Crippen molar-refractivity contribution in [3.8, 4) is 0 Å². The molecular weight excluding hydrogens is 226 g/mol. The van der Waals surface area contributed by atoms with E-state index in [0.29, 0.717) is 17.5 Å². The van der Waals surface area contributed by atoms with E-state index in [1.807, 2.05) is 24.3 Å². The first kappa shape index (κ1) is 11.5. The maximum absolute atomic E-state index is 12.3. The minimum Gasteiger partial charge on any atom is -0.464 e. The Bertz CT molecular complexity index is 597. The van der Waals surface area contributed by atoms with Gasteiger partial charge in [0.15, 0.2) is 5.43 Å². The van der Waals surface area contributed by atoms with Gasteiger partial charge in [-0.2, -0.15) is 0 Å². The van der Waals surface area contributed by atoms with Gasteiger partial charge >= 0.3 is 0 Å². The van der Waals surface area contributed by atoms with Gasteiger partial charge in [0, 0.05) is 12.1 Å². The van der Waals surface area contributed by atoms with Gasteiger partial charge in [0.05, 0.1) is 11.6 Å². The fourth-order valence-corrected chi connectivity index (χ4v) is 2.59. The van der Waals surface area contributed by atoms with Crippen molar-refractivity contribution in [2.24, 2.45) is 0 Å². The molecule has 0 amide bonds. The van der Waals surface area contributed by atoms with Crippen LogP contribution in [0, 0.1) is 0 Å². The van der Waals surface area contributed by atoms with Crippen molar-refractivity contribution in [2.75, 3.05) is 13.1 Å². The predicted octanol–water partition coefficient (Wildman–Crippen LogP) is 2.78. The Labute approximate surface area is 106 Å². The van der Waals surface area contributed by atoms with E-state index in [1.54, 1.807) is 6.26 Å². The van der Waals surface area contributed by atoms with Crippen LogP contribution < -0.4 is 5.43 Å². The molecule has 0 spiro atoms. The summed E-state index contributed by atoms with van der Waals surface area (Å²) in [6.45, 7) is 2.89. The highest BCUT2D eigenvalue weighted by Gasteiger charge is 2.13. The molecule has 0 radical (unpaired) electrons. The van der Waals surface area contributed by atoms with Gasteiger partial charge in [0.25, 0.3) is 0 Å². The highest BCUT2D eigenvalue weighted by atomic mass is 16.3. The zero-order valence-corrected chi connectivity index (χ0v) is 10.4. The van der Waals surface area contributed by atoms with E-state index in [9.17, 15) is 4.79 Å². The first-order valence-electron chi connectivity index (χ1n) is 6.56. The van der Waals surface area contributed by atoms with Gasteiger partial charge in [-0.25, -0.2) is 0 Å². The molecule has 0 unspecified atom stereocenters. The number of para-hydroxylation sites is 1. The molecule has 1 aliphatic rings. The molecular formula is C15H17NO2. The number of hydrogen-bond donors (Lipinski definition) is 0. The average Bonchev–Trinajstić information content (AvgIpc) is 2.43. The predicted molar refractivity (Wildman–Crippen MR) is 71.6 cm³/mol. The van der Waals surface area contributed by atoms with Crippen LogP contribution in [0.4, 0.5) is 0 Å². The van der Waals surface area contributed by atoms with Gasteiger partial charge in [-0.1, -0.05) is 18.6 Å². The van der Waals surface area contributed by atoms with Crippen molar-refractivity contribution in [3.05, 3.63) is 46.3 Å². The zero-order valence-electron chi connectivity index (χ0n) is 10.4. The van der Waals surface area contributed by atoms with Crippen LogP contribution in [0.1, 0.15) is 24.8 Å². The quantitative estimate of drug-likeness (QED) is 0.813. The van der Waals surface area contributed by atoms with Gasteiger partial charge in [0.1, 0.15) is 5.58 Å². The number of nitrogens with zero attached hydrogens (tertiary/aromatic N) is 1. The van der Waals surface area contributed by atoms with Crippen LogP contribution >= 0.6 is 0 Å². The second-order valence-electron chi connectivity index (χ2n) is 4.92. The monoisotopic (exact) mass is 243 g/mol. The fraction of sp³-hybridized carbons (Fsp3) is 0.400. The summed E-state index contributed by atoms with van der Waals surface area (Å²) >= 11 is 0. The summed E-state index contributed by atoms with van der Waals surface area (Å²) in [5.74, 6) is 0. The van der Waals surface area contributed by atoms with Crippen molar-refractivity contribution >= 4 is 11.0 Å². The summed E-state index contributed by atoms with van der Waals surface area (Å²) in [4.78, 5) is 14.7. The van der Waals surface area contributed by atoms with Crippen molar-refractivity contribution in [1.29, 1.82) is 0 Å². The first-order chi connectivity index (χ1) is 8.84. The number of hydrogen-bond acceptors (Lipinski definition) is 3. The topological polar surface area (TPSA) is 33.5 Å². The standard InChI is InChI=1S/C15H17NO2/c17-15-12(10-16-8-4-1-5-9-16)11-18-14-7-3-2-6-13(14)15/h2-3,6-7,11H,1,4-5,8-10H2. The summed E-state index contributed by atoms with van der Waals surface area (Å²) in [7, 11) is 0. The molecule has 1 aromatic carbocycles. The first-order valence-corrected chi connectivity index (χ1v) is 6.56. The van der Waals surface area contributed by atoms with E-state index in [1.165, 1.54) is 19.3 Å². The molecule has 2 heterocycles. The van der Waals surface area contributed by atoms with Crippen molar-refractivity contribution in [3.63, 3.8) is 0 Å². The number of benzene rings is 1. The molecule has 3 heteroatoms. The molecule has 0 bridgehead atoms. The number of rotatable bonds is 2. The average molecular weight is 243 g/mol. The molecule has 1 aromatic heterocycles. The van der Waals surface area contributed by atoms with Crippen LogP contribution in [-0.4, -0.2) is 18.0 Å². The smallest absolute Gasteiger partial charge is 0.197 e. The number of likely N-dealkylation sites (tertiary alicyclic amines) is 1. The Hall–Kier alpha value is -1.61. The molecule has 0 saturated carbocycles. The summed E-state index contributed by atoms with van der Waals surface area (Å²) in [6, 6.07) is 7.43. The molecule has 1 aliphatic heterocycles. The lowest BCUT2D eigenvalue weighted by Crippen LogP contribution is -2.31. The van der Waals surface area contributed by atoms with E-state index in [-0.39, 0.29) is 5.43 Å². The fourth-order valence-electron chi connectivity index (χ4n) is 2.59. The van der Waals surface area contributed by atoms with Crippen LogP contribution in [0.5, 0.6) is 0 Å². The molecule has 94 valence electrons. The third-order valence-electron chi connectivity index (χ3n) is 3.59. The van der Waals surface area contributed by atoms with Gasteiger partial charge in [-0.15, -0.1) is 0 Å². The molecule has 0 aliphatic carbocycles. The summed E-state index contributed by atoms with van der Waals surface area (Å²) in [5, 5.41) is 0.687. The van der Waals surface area contributed by atoms with E-state index in [0.717, 1.165) is 18.7 Å². The van der Waals surface area contributed by atoms with Gasteiger partial charge in [-0.3, -0.25) is 9.69 Å². The van der Waals surface area contributed by atoms with Crippen LogP contribution in [0.3, 0.4) is 0 Å². The molecule has 18 heavy (non-hydrogen) atoms. The van der Waals surface area contributed by atoms with Crippen molar-refractivity contribution < 1.29 is 4.42 Å². The van der Waals surface area contributed by atoms with E-state index in [4.69, 9.17) is 4.42 Å². The van der Waals surface area contributed by atoms with E-state index in [2.05, 4.69) is 4.90 Å². The maximum atomic E-state index is 12.3. The minimum atomic E-state index is 0.113. The lowest BCUT2D eigenvalue weighted by molar-refractivity contribution is 0.219. The summed E-state index contributed by atoms with van der Waals surface area (Å²) in [6.07, 6.45) is 5.40. The molecule has 0 N–H and O–H groups in total. The van der Waals surface area contributed by atoms with Crippen LogP contribution in [-0.2, 0) is 6.54 Å². The van der Waals surface area contributed by atoms with E-state index < -0.39 is 0 Å². The maximum Gasteiger partial charge on any atom is 0.197 e. The molecule has 1 fully saturated rings. The lowest BCUT2D eigenvalue weighted by atomic mass is 10.1. The molecule has 3 nitrogen and oxygen atoms in total. The van der Waals surface area contributed by atoms with Crippen LogP contribution in [0.2, 0.25) is 0 Å². The Morgan fingerprint density at radius 2 is 1.89 bits per heavy atom. The molecule has 0 atom stereocenters. The highest BCUT2D eigenvalue weighted by molar-refractivity contribution is 5.76. The van der Waals surface area contributed by atoms with Crippen LogP contribution in [0.15, 0.2) is 39.7 Å². The molecule has 2 aromatic rings. The molecule has 1 saturated heterocycles. The highest BCUT2D eigenvalue weighted by Crippen LogP contribution is 2.14. The van der Waals surface area contributed by atoms with Crippen molar-refractivity contribution in [2.45, 2.75) is 25.8 Å². The number of fused-ring (bicyclic) bond motifs is 1. The molecule has 3 rings (SSSR count). The zero-order chi connectivity index (χ0) is 12.4. The van der Waals surface area contributed by atoms with Crippen LogP contribution in [0.25, 0.3) is 11.0 Å². The third-order valence-corrected chi connectivity index (χ3v) is 3.59. The van der Waals surface area contributed by atoms with Gasteiger partial charge in [-0.05, 0) is 38.1 Å². The Balaban J connectivity index is 1.92. The third kappa shape index (κ3) is 2.18. The largest absolute Gasteiger partial charge is 0.464 e. The lowest BCUT2D eigenvalue weighted by Gasteiger charge is -2.25. The summed E-state index contributed by atoms with van der Waals surface area (Å²) in [5.41, 5.74) is 1.56. The second-order valence-corrected chi connectivity index (χ2v) is 4.92. The SMILES string of the molecule is O=c1c(CN2CCCCC2)coc2ccccc12. The van der Waals surface area contributed by atoms with Gasteiger partial charge < -0.3 is 4.42 Å². The second kappa shape index (κ2) is 4.94. The van der Waals surface area contributed by atoms with Gasteiger partial charge in [0.2, 0.25) is 0 Å². The van der Waals surface area contributed by atoms with Crippen molar-refractivity contribution in [1.82, 2.24) is 4.90 Å².